The van der Waals surface area contributed by atoms with Gasteiger partial charge in [-0.1, -0.05) is 0 Å². The largest absolute Gasteiger partial charge is 0.379 e. The maximum atomic E-state index is 10.6. The Labute approximate surface area is 117 Å². The normalized spacial score (nSPS) is 16.0. The highest BCUT2D eigenvalue weighted by Gasteiger charge is 2.13. The van der Waals surface area contributed by atoms with Crippen LogP contribution in [0.5, 0.6) is 0 Å². The quantitative estimate of drug-likeness (QED) is 0.449. The third-order valence-corrected chi connectivity index (χ3v) is 3.16. The number of ether oxygens (including phenoxy) is 1. The summed E-state index contributed by atoms with van der Waals surface area (Å²) in [5.41, 5.74) is 5.37. The summed E-state index contributed by atoms with van der Waals surface area (Å²) in [6.07, 6.45) is 0.971. The van der Waals surface area contributed by atoms with Gasteiger partial charge in [0.05, 0.1) is 18.1 Å². The summed E-state index contributed by atoms with van der Waals surface area (Å²) >= 11 is 0. The van der Waals surface area contributed by atoms with Crippen LogP contribution in [0.4, 0.5) is 17.3 Å². The number of nitrogens with zero attached hydrogens (tertiary/aromatic N) is 3. The number of aromatic nitrogens is 1. The average molecular weight is 281 g/mol. The van der Waals surface area contributed by atoms with Crippen molar-refractivity contribution in [1.29, 1.82) is 0 Å². The maximum absolute atomic E-state index is 10.6. The van der Waals surface area contributed by atoms with E-state index in [-0.39, 0.29) is 11.5 Å². The van der Waals surface area contributed by atoms with E-state index >= 15 is 0 Å². The van der Waals surface area contributed by atoms with Gasteiger partial charge in [0.2, 0.25) is 5.82 Å². The Kier molecular flexibility index (Phi) is 5.08. The zero-order chi connectivity index (χ0) is 14.4. The minimum Gasteiger partial charge on any atom is -0.379 e. The van der Waals surface area contributed by atoms with Crippen molar-refractivity contribution in [1.82, 2.24) is 9.88 Å². The molecule has 0 bridgehead atoms. The van der Waals surface area contributed by atoms with Crippen molar-refractivity contribution in [3.05, 3.63) is 22.2 Å². The number of anilines is 2. The number of pyridine rings is 1. The summed E-state index contributed by atoms with van der Waals surface area (Å²) in [7, 11) is 0. The average Bonchev–Trinajstić information content (AvgIpc) is 2.44. The molecule has 2 rings (SSSR count). The third kappa shape index (κ3) is 4.04. The SMILES string of the molecule is Nc1nc(NCCCN2CCOCC2)ccc1[N+](=O)[O-]. The summed E-state index contributed by atoms with van der Waals surface area (Å²) in [6, 6.07) is 2.94. The van der Waals surface area contributed by atoms with E-state index in [1.165, 1.54) is 6.07 Å². The Morgan fingerprint density at radius 1 is 1.45 bits per heavy atom. The van der Waals surface area contributed by atoms with Gasteiger partial charge in [0.25, 0.3) is 0 Å². The van der Waals surface area contributed by atoms with Gasteiger partial charge in [-0.3, -0.25) is 15.0 Å². The molecular weight excluding hydrogens is 262 g/mol. The molecule has 0 amide bonds. The molecule has 0 atom stereocenters. The first-order valence-corrected chi connectivity index (χ1v) is 6.61. The molecule has 1 aliphatic heterocycles. The maximum Gasteiger partial charge on any atom is 0.311 e. The van der Waals surface area contributed by atoms with E-state index in [0.717, 1.165) is 45.8 Å². The number of hydrogen-bond acceptors (Lipinski definition) is 7. The van der Waals surface area contributed by atoms with Gasteiger partial charge in [0, 0.05) is 25.7 Å². The van der Waals surface area contributed by atoms with Gasteiger partial charge >= 0.3 is 5.69 Å². The number of morpholine rings is 1. The highest BCUT2D eigenvalue weighted by Crippen LogP contribution is 2.20. The second-order valence-corrected chi connectivity index (χ2v) is 4.59. The molecule has 3 N–H and O–H groups in total. The molecule has 0 aliphatic carbocycles. The van der Waals surface area contributed by atoms with Crippen molar-refractivity contribution < 1.29 is 9.66 Å². The molecule has 20 heavy (non-hydrogen) atoms. The van der Waals surface area contributed by atoms with Crippen LogP contribution in [0.3, 0.4) is 0 Å². The molecule has 110 valence electrons. The van der Waals surface area contributed by atoms with E-state index in [2.05, 4.69) is 15.2 Å². The monoisotopic (exact) mass is 281 g/mol. The lowest BCUT2D eigenvalue weighted by atomic mass is 10.3. The molecule has 2 heterocycles. The van der Waals surface area contributed by atoms with E-state index in [4.69, 9.17) is 10.5 Å². The van der Waals surface area contributed by atoms with Crippen LogP contribution in [0.25, 0.3) is 0 Å². The van der Waals surface area contributed by atoms with Gasteiger partial charge in [0.15, 0.2) is 0 Å². The summed E-state index contributed by atoms with van der Waals surface area (Å²) < 4.78 is 5.28. The lowest BCUT2D eigenvalue weighted by Crippen LogP contribution is -2.37. The van der Waals surface area contributed by atoms with Crippen LogP contribution >= 0.6 is 0 Å². The number of nitro groups is 1. The highest BCUT2D eigenvalue weighted by atomic mass is 16.6. The molecule has 0 saturated carbocycles. The Bertz CT molecular complexity index is 462. The van der Waals surface area contributed by atoms with E-state index in [1.54, 1.807) is 6.07 Å². The van der Waals surface area contributed by atoms with Crippen LogP contribution in [-0.4, -0.2) is 54.2 Å². The van der Waals surface area contributed by atoms with Crippen molar-refractivity contribution in [3.8, 4) is 0 Å². The minimum absolute atomic E-state index is 0.0619. The van der Waals surface area contributed by atoms with E-state index in [0.29, 0.717) is 5.82 Å². The van der Waals surface area contributed by atoms with Gasteiger partial charge in [-0.25, -0.2) is 4.98 Å². The lowest BCUT2D eigenvalue weighted by Gasteiger charge is -2.26. The Balaban J connectivity index is 1.73. The second-order valence-electron chi connectivity index (χ2n) is 4.59. The van der Waals surface area contributed by atoms with Gasteiger partial charge in [0.1, 0.15) is 5.82 Å². The zero-order valence-electron chi connectivity index (χ0n) is 11.2. The van der Waals surface area contributed by atoms with Crippen LogP contribution in [0.2, 0.25) is 0 Å². The van der Waals surface area contributed by atoms with Gasteiger partial charge in [-0.15, -0.1) is 0 Å². The predicted molar refractivity (Wildman–Crippen MR) is 75.7 cm³/mol. The van der Waals surface area contributed by atoms with Gasteiger partial charge < -0.3 is 15.8 Å². The molecule has 0 aromatic carbocycles. The van der Waals surface area contributed by atoms with Crippen LogP contribution in [0.1, 0.15) is 6.42 Å². The zero-order valence-corrected chi connectivity index (χ0v) is 11.2. The van der Waals surface area contributed by atoms with Crippen molar-refractivity contribution in [2.45, 2.75) is 6.42 Å². The number of nitrogens with two attached hydrogens (primary N) is 1. The molecular formula is C12H19N5O3. The Morgan fingerprint density at radius 2 is 2.20 bits per heavy atom. The molecule has 1 fully saturated rings. The first-order chi connectivity index (χ1) is 9.66. The molecule has 8 nitrogen and oxygen atoms in total. The topological polar surface area (TPSA) is 107 Å². The molecule has 1 aliphatic rings. The number of nitrogens with one attached hydrogen (secondary N) is 1. The molecule has 0 unspecified atom stereocenters. The molecule has 0 radical (unpaired) electrons. The molecule has 1 saturated heterocycles. The van der Waals surface area contributed by atoms with Crippen LogP contribution < -0.4 is 11.1 Å². The molecule has 1 aromatic rings. The Hall–Kier alpha value is -1.93. The van der Waals surface area contributed by atoms with Crippen LogP contribution in [-0.2, 0) is 4.74 Å². The van der Waals surface area contributed by atoms with E-state index in [1.807, 2.05) is 0 Å². The van der Waals surface area contributed by atoms with Crippen LogP contribution in [0, 0.1) is 10.1 Å². The van der Waals surface area contributed by atoms with Crippen molar-refractivity contribution in [2.75, 3.05) is 50.4 Å². The van der Waals surface area contributed by atoms with Crippen molar-refractivity contribution in [3.63, 3.8) is 0 Å². The first kappa shape index (κ1) is 14.5. The van der Waals surface area contributed by atoms with Gasteiger partial charge in [-0.05, 0) is 19.0 Å². The van der Waals surface area contributed by atoms with E-state index in [9.17, 15) is 10.1 Å². The van der Waals surface area contributed by atoms with Gasteiger partial charge in [-0.2, -0.15) is 0 Å². The second kappa shape index (κ2) is 7.01. The molecule has 1 aromatic heterocycles. The smallest absolute Gasteiger partial charge is 0.311 e. The van der Waals surface area contributed by atoms with Crippen molar-refractivity contribution in [2.24, 2.45) is 0 Å². The first-order valence-electron chi connectivity index (χ1n) is 6.61. The fourth-order valence-corrected chi connectivity index (χ4v) is 2.06. The number of nitrogen functional groups attached to an aromatic ring is 1. The van der Waals surface area contributed by atoms with E-state index < -0.39 is 4.92 Å². The fourth-order valence-electron chi connectivity index (χ4n) is 2.06. The number of rotatable bonds is 6. The minimum atomic E-state index is -0.537. The predicted octanol–water partition coefficient (Wildman–Crippen LogP) is 0.706. The summed E-state index contributed by atoms with van der Waals surface area (Å²) in [4.78, 5) is 16.4. The number of hydrogen-bond donors (Lipinski definition) is 2. The summed E-state index contributed by atoms with van der Waals surface area (Å²) in [5, 5.41) is 13.7. The highest BCUT2D eigenvalue weighted by molar-refractivity contribution is 5.57. The molecule has 8 heteroatoms. The molecule has 0 spiro atoms. The standard InChI is InChI=1S/C12H19N5O3/c13-12-10(17(18)19)2-3-11(15-12)14-4-1-5-16-6-8-20-9-7-16/h2-3H,1,4-9H2,(H3,13,14,15). The summed E-state index contributed by atoms with van der Waals surface area (Å²) in [5.74, 6) is 0.503. The Morgan fingerprint density at radius 3 is 2.85 bits per heavy atom. The third-order valence-electron chi connectivity index (χ3n) is 3.16. The summed E-state index contributed by atoms with van der Waals surface area (Å²) in [6.45, 7) is 5.30. The van der Waals surface area contributed by atoms with Crippen molar-refractivity contribution >= 4 is 17.3 Å². The lowest BCUT2D eigenvalue weighted by molar-refractivity contribution is -0.384. The fraction of sp³-hybridized carbons (Fsp3) is 0.583. The van der Waals surface area contributed by atoms with Crippen LogP contribution in [0.15, 0.2) is 12.1 Å².